The van der Waals surface area contributed by atoms with Gasteiger partial charge in [-0.2, -0.15) is 0 Å². The third kappa shape index (κ3) is 5.44. The normalized spacial score (nSPS) is 16.3. The maximum Gasteiger partial charge on any atom is 0.255 e. The number of likely N-dealkylation sites (tertiary alicyclic amines) is 1. The molecule has 1 atom stereocenters. The van der Waals surface area contributed by atoms with E-state index >= 15 is 8.78 Å². The molecule has 1 unspecified atom stereocenters. The Morgan fingerprint density at radius 2 is 1.78 bits per heavy atom. The summed E-state index contributed by atoms with van der Waals surface area (Å²) < 4.78 is 92.9. The molecule has 0 saturated carbocycles. The summed E-state index contributed by atoms with van der Waals surface area (Å²) >= 11 is 0. The number of benzene rings is 3. The number of alkyl halides is 1. The minimum absolute atomic E-state index is 0.0364. The molecule has 0 radical (unpaired) electrons. The second-order valence-corrected chi connectivity index (χ2v) is 15.1. The highest BCUT2D eigenvalue weighted by atomic mass is 32.2. The van der Waals surface area contributed by atoms with E-state index in [2.05, 4.69) is 5.32 Å². The molecule has 0 bridgehead atoms. The number of sulfonamides is 1. The van der Waals surface area contributed by atoms with Crippen molar-refractivity contribution in [2.24, 2.45) is 0 Å². The van der Waals surface area contributed by atoms with Crippen molar-refractivity contribution >= 4 is 43.5 Å². The molecule has 1 amide bonds. The fourth-order valence-electron chi connectivity index (χ4n) is 7.25. The predicted octanol–water partition coefficient (Wildman–Crippen LogP) is 6.71. The van der Waals surface area contributed by atoms with Gasteiger partial charge in [0.25, 0.3) is 5.91 Å². The number of pyridine rings is 1. The number of hydrogen-bond acceptors (Lipinski definition) is 6. The van der Waals surface area contributed by atoms with Crippen molar-refractivity contribution in [3.05, 3.63) is 95.3 Å². The highest BCUT2D eigenvalue weighted by molar-refractivity contribution is 7.92. The van der Waals surface area contributed by atoms with Crippen molar-refractivity contribution in [1.82, 2.24) is 19.8 Å². The molecule has 51 heavy (non-hydrogen) atoms. The topological polar surface area (TPSA) is 101 Å². The number of aromatic nitrogens is 2. The Morgan fingerprint density at radius 1 is 1.00 bits per heavy atom. The average molecular weight is 718 g/mol. The molecular formula is C37H31F4N5O4S. The van der Waals surface area contributed by atoms with E-state index in [4.69, 9.17) is 9.40 Å². The molecule has 1 N–H and O–H groups in total. The van der Waals surface area contributed by atoms with E-state index < -0.39 is 39.6 Å². The summed E-state index contributed by atoms with van der Waals surface area (Å²) in [6, 6.07) is 16.0. The highest BCUT2D eigenvalue weighted by Gasteiger charge is 2.34. The summed E-state index contributed by atoms with van der Waals surface area (Å²) in [4.78, 5) is 20.4. The standard InChI is InChI=1S/C37H31F4N5O4S/c1-42-37(47)34-26-13-25(31(44(2)51(3,48)49)15-33(26)50-36(34)23-9-8-20(38)12-28(23)41)29-10-7-19-11-22(18-45-16-21(39)17-45)46-30-6-4-5-27(40)24(30)14-32(46)35(19)43-29/h4-10,12-15,21-22H,11,16-18H2,1-3H3,(H,42,47). The Kier molecular flexibility index (Phi) is 7.72. The van der Waals surface area contributed by atoms with Crippen LogP contribution in [0.25, 0.3) is 55.8 Å². The second kappa shape index (κ2) is 11.9. The lowest BCUT2D eigenvalue weighted by Crippen LogP contribution is -2.50. The SMILES string of the molecule is CNC(=O)c1c(-c2ccc(F)cc2F)oc2cc(N(C)S(C)(=O)=O)c(-c3ccc4c(n3)-c3cc5c(F)cccc5n3C(CN3CC(F)C3)C4)cc12. The third-order valence-electron chi connectivity index (χ3n) is 9.80. The van der Waals surface area contributed by atoms with Crippen molar-refractivity contribution in [3.63, 3.8) is 0 Å². The monoisotopic (exact) mass is 717 g/mol. The zero-order valence-corrected chi connectivity index (χ0v) is 28.5. The molecule has 14 heteroatoms. The summed E-state index contributed by atoms with van der Waals surface area (Å²) in [6.45, 7) is 1.24. The Bertz CT molecular complexity index is 2530. The van der Waals surface area contributed by atoms with Gasteiger partial charge in [0.1, 0.15) is 29.2 Å². The Labute approximate surface area is 290 Å². The molecule has 0 aliphatic carbocycles. The smallest absolute Gasteiger partial charge is 0.255 e. The Morgan fingerprint density at radius 3 is 2.49 bits per heavy atom. The average Bonchev–Trinajstić information content (AvgIpc) is 3.66. The van der Waals surface area contributed by atoms with E-state index in [-0.39, 0.29) is 39.6 Å². The molecule has 3 aromatic carbocycles. The quantitative estimate of drug-likeness (QED) is 0.185. The minimum Gasteiger partial charge on any atom is -0.455 e. The number of fused-ring (bicyclic) bond motifs is 6. The van der Waals surface area contributed by atoms with Crippen LogP contribution in [-0.2, 0) is 16.4 Å². The molecule has 5 heterocycles. The van der Waals surface area contributed by atoms with E-state index in [1.807, 2.05) is 21.6 Å². The van der Waals surface area contributed by atoms with Crippen molar-refractivity contribution in [1.29, 1.82) is 0 Å². The van der Waals surface area contributed by atoms with Gasteiger partial charge in [0.05, 0.1) is 51.7 Å². The molecule has 0 spiro atoms. The van der Waals surface area contributed by atoms with Crippen molar-refractivity contribution in [3.8, 4) is 34.0 Å². The van der Waals surface area contributed by atoms with Crippen molar-refractivity contribution in [2.45, 2.75) is 18.6 Å². The number of rotatable bonds is 7. The molecule has 1 saturated heterocycles. The van der Waals surface area contributed by atoms with Gasteiger partial charge in [-0.15, -0.1) is 0 Å². The number of carbonyl (C=O) groups excluding carboxylic acids is 1. The van der Waals surface area contributed by atoms with E-state index in [0.29, 0.717) is 65.7 Å². The first kappa shape index (κ1) is 33.0. The van der Waals surface area contributed by atoms with E-state index in [1.54, 1.807) is 24.3 Å². The van der Waals surface area contributed by atoms with Crippen LogP contribution in [0.2, 0.25) is 0 Å². The zero-order chi connectivity index (χ0) is 35.9. The van der Waals surface area contributed by atoms with Gasteiger partial charge in [0.15, 0.2) is 5.76 Å². The minimum atomic E-state index is -3.85. The van der Waals surface area contributed by atoms with Crippen molar-refractivity contribution < 1.29 is 35.2 Å². The van der Waals surface area contributed by atoms with Gasteiger partial charge >= 0.3 is 0 Å². The largest absolute Gasteiger partial charge is 0.455 e. The summed E-state index contributed by atoms with van der Waals surface area (Å²) in [5.41, 5.74) is 3.49. The van der Waals surface area contributed by atoms with Crippen LogP contribution in [0.4, 0.5) is 23.2 Å². The Hall–Kier alpha value is -5.21. The Balaban J connectivity index is 1.35. The molecule has 8 rings (SSSR count). The lowest BCUT2D eigenvalue weighted by Gasteiger charge is -2.39. The van der Waals surface area contributed by atoms with Gasteiger partial charge in [-0.3, -0.25) is 14.0 Å². The van der Waals surface area contributed by atoms with Gasteiger partial charge in [0, 0.05) is 62.2 Å². The molecule has 9 nitrogen and oxygen atoms in total. The summed E-state index contributed by atoms with van der Waals surface area (Å²) in [5.74, 6) is -2.93. The fraction of sp³-hybridized carbons (Fsp3) is 0.243. The molecule has 6 aromatic rings. The molecular weight excluding hydrogens is 686 g/mol. The molecule has 262 valence electrons. The van der Waals surface area contributed by atoms with E-state index in [9.17, 15) is 22.0 Å². The molecule has 3 aromatic heterocycles. The number of furan rings is 1. The number of carbonyl (C=O) groups is 1. The third-order valence-corrected chi connectivity index (χ3v) is 11.0. The molecule has 2 aliphatic rings. The van der Waals surface area contributed by atoms with Crippen molar-refractivity contribution in [2.75, 3.05) is 44.3 Å². The number of nitrogens with one attached hydrogen (secondary N) is 1. The van der Waals surface area contributed by atoms with Gasteiger partial charge < -0.3 is 14.3 Å². The zero-order valence-electron chi connectivity index (χ0n) is 27.7. The number of nitrogens with zero attached hydrogens (tertiary/aromatic N) is 4. The van der Waals surface area contributed by atoms with E-state index in [0.717, 1.165) is 28.3 Å². The first-order valence-electron chi connectivity index (χ1n) is 16.2. The van der Waals surface area contributed by atoms with Crippen LogP contribution < -0.4 is 9.62 Å². The van der Waals surface area contributed by atoms with Crippen LogP contribution >= 0.6 is 0 Å². The predicted molar refractivity (Wildman–Crippen MR) is 186 cm³/mol. The number of anilines is 1. The maximum absolute atomic E-state index is 15.2. The van der Waals surface area contributed by atoms with Crippen LogP contribution in [0.15, 0.2) is 71.1 Å². The highest BCUT2D eigenvalue weighted by Crippen LogP contribution is 2.44. The number of hydrogen-bond donors (Lipinski definition) is 1. The number of amides is 1. The summed E-state index contributed by atoms with van der Waals surface area (Å²) in [7, 11) is -1.08. The summed E-state index contributed by atoms with van der Waals surface area (Å²) in [5, 5.41) is 3.20. The van der Waals surface area contributed by atoms with Crippen LogP contribution in [0.1, 0.15) is 22.0 Å². The number of halogens is 4. The van der Waals surface area contributed by atoms with Crippen LogP contribution in [0.3, 0.4) is 0 Å². The van der Waals surface area contributed by atoms with Gasteiger partial charge in [0.2, 0.25) is 10.0 Å². The fourth-order valence-corrected chi connectivity index (χ4v) is 7.76. The first-order chi connectivity index (χ1) is 24.3. The lowest BCUT2D eigenvalue weighted by molar-refractivity contribution is 0.0534. The van der Waals surface area contributed by atoms with Crippen LogP contribution in [0, 0.1) is 17.5 Å². The lowest BCUT2D eigenvalue weighted by atomic mass is 9.95. The first-order valence-corrected chi connectivity index (χ1v) is 18.1. The van der Waals surface area contributed by atoms with Crippen LogP contribution in [-0.4, -0.2) is 74.9 Å². The maximum atomic E-state index is 15.2. The van der Waals surface area contributed by atoms with Gasteiger partial charge in [-0.05, 0) is 54.4 Å². The summed E-state index contributed by atoms with van der Waals surface area (Å²) in [6.07, 6.45) is 0.702. The van der Waals surface area contributed by atoms with Crippen LogP contribution in [0.5, 0.6) is 0 Å². The van der Waals surface area contributed by atoms with Gasteiger partial charge in [-0.25, -0.2) is 31.0 Å². The molecule has 1 fully saturated rings. The van der Waals surface area contributed by atoms with Gasteiger partial charge in [-0.1, -0.05) is 12.1 Å². The molecule has 2 aliphatic heterocycles. The van der Waals surface area contributed by atoms with E-state index in [1.165, 1.54) is 26.2 Å². The second-order valence-electron chi connectivity index (χ2n) is 13.1.